The maximum absolute atomic E-state index is 9.57. The fourth-order valence-corrected chi connectivity index (χ4v) is 2.74. The molecule has 17 heavy (non-hydrogen) atoms. The highest BCUT2D eigenvalue weighted by atomic mass is 79.9. The van der Waals surface area contributed by atoms with Crippen LogP contribution in [0.2, 0.25) is 6.82 Å². The van der Waals surface area contributed by atoms with Crippen LogP contribution in [0.3, 0.4) is 0 Å². The highest BCUT2D eigenvalue weighted by Gasteiger charge is 2.29. The van der Waals surface area contributed by atoms with Gasteiger partial charge in [-0.1, -0.05) is 22.0 Å². The minimum absolute atomic E-state index is 0.360. The Hall–Kier alpha value is -0.515. The van der Waals surface area contributed by atoms with E-state index >= 15 is 0 Å². The first-order valence-corrected chi connectivity index (χ1v) is 6.66. The first-order chi connectivity index (χ1) is 8.11. The summed E-state index contributed by atoms with van der Waals surface area (Å²) in [6, 6.07) is 6.16. The smallest absolute Gasteiger partial charge is 0.376 e. The molecule has 92 valence electrons. The Labute approximate surface area is 111 Å². The lowest BCUT2D eigenvalue weighted by Crippen LogP contribution is -2.34. The molecule has 1 fully saturated rings. The predicted octanol–water partition coefficient (Wildman–Crippen LogP) is 2.36. The summed E-state index contributed by atoms with van der Waals surface area (Å²) in [5.41, 5.74) is 1.24. The summed E-state index contributed by atoms with van der Waals surface area (Å²) in [6.45, 7) is 3.67. The maximum Gasteiger partial charge on any atom is 0.376 e. The molecule has 3 nitrogen and oxygen atoms in total. The van der Waals surface area contributed by atoms with Gasteiger partial charge in [-0.3, -0.25) is 0 Å². The van der Waals surface area contributed by atoms with Crippen molar-refractivity contribution in [1.82, 2.24) is 4.81 Å². The van der Waals surface area contributed by atoms with Gasteiger partial charge in [-0.25, -0.2) is 0 Å². The van der Waals surface area contributed by atoms with Crippen LogP contribution in [0.5, 0.6) is 5.75 Å². The lowest BCUT2D eigenvalue weighted by atomic mass is 9.85. The van der Waals surface area contributed by atoms with E-state index in [1.54, 1.807) is 7.11 Å². The molecule has 1 unspecified atom stereocenters. The average molecular weight is 298 g/mol. The van der Waals surface area contributed by atoms with Crippen molar-refractivity contribution in [2.24, 2.45) is 0 Å². The molecule has 1 aliphatic heterocycles. The van der Waals surface area contributed by atoms with Crippen molar-refractivity contribution in [3.05, 3.63) is 28.2 Å². The molecule has 0 radical (unpaired) electrons. The number of halogens is 1. The van der Waals surface area contributed by atoms with Crippen LogP contribution in [0.25, 0.3) is 0 Å². The molecule has 0 bridgehead atoms. The van der Waals surface area contributed by atoms with E-state index in [9.17, 15) is 5.02 Å². The zero-order valence-corrected chi connectivity index (χ0v) is 11.8. The highest BCUT2D eigenvalue weighted by Crippen LogP contribution is 2.35. The van der Waals surface area contributed by atoms with E-state index in [2.05, 4.69) is 26.8 Å². The van der Waals surface area contributed by atoms with Gasteiger partial charge in [0.15, 0.2) is 0 Å². The molecule has 1 aromatic carbocycles. The van der Waals surface area contributed by atoms with Crippen LogP contribution < -0.4 is 4.74 Å². The Balaban J connectivity index is 2.18. The normalized spacial score (nSPS) is 20.6. The number of hydrogen-bond acceptors (Lipinski definition) is 3. The molecule has 1 heterocycles. The summed E-state index contributed by atoms with van der Waals surface area (Å²) in [5, 5.41) is 9.57. The zero-order valence-electron chi connectivity index (χ0n) is 10.2. The molecule has 0 amide bonds. The topological polar surface area (TPSA) is 32.7 Å². The van der Waals surface area contributed by atoms with Gasteiger partial charge in [0.05, 0.1) is 7.11 Å². The molecule has 2 rings (SSSR count). The quantitative estimate of drug-likeness (QED) is 0.870. The number of rotatable bonds is 3. The Morgan fingerprint density at radius 3 is 2.88 bits per heavy atom. The summed E-state index contributed by atoms with van der Waals surface area (Å²) in [5.74, 6) is 1.38. The molecule has 0 aliphatic carbocycles. The van der Waals surface area contributed by atoms with Crippen molar-refractivity contribution in [3.8, 4) is 5.75 Å². The van der Waals surface area contributed by atoms with E-state index in [-0.39, 0.29) is 7.05 Å². The zero-order chi connectivity index (χ0) is 12.4. The second-order valence-corrected chi connectivity index (χ2v) is 5.41. The fraction of sp³-hybridized carbons (Fsp3) is 0.500. The van der Waals surface area contributed by atoms with Crippen LogP contribution in [0.15, 0.2) is 22.7 Å². The average Bonchev–Trinajstić information content (AvgIpc) is 2.78. The molecule has 5 heteroatoms. The summed E-state index contributed by atoms with van der Waals surface area (Å²) >= 11 is 3.45. The first-order valence-electron chi connectivity index (χ1n) is 5.87. The van der Waals surface area contributed by atoms with Crippen LogP contribution in [0.1, 0.15) is 17.9 Å². The van der Waals surface area contributed by atoms with Crippen molar-refractivity contribution < 1.29 is 9.76 Å². The SMILES string of the molecule is COc1cc(Br)ccc1C1CCN(B(C)O)C1. The van der Waals surface area contributed by atoms with Gasteiger partial charge >= 0.3 is 7.05 Å². The molecule has 1 atom stereocenters. The van der Waals surface area contributed by atoms with Crippen LogP contribution in [0, 0.1) is 0 Å². The van der Waals surface area contributed by atoms with Gasteiger partial charge in [0, 0.05) is 10.4 Å². The number of hydrogen-bond donors (Lipinski definition) is 1. The van der Waals surface area contributed by atoms with E-state index in [0.29, 0.717) is 5.92 Å². The van der Waals surface area contributed by atoms with Crippen molar-refractivity contribution in [2.75, 3.05) is 20.2 Å². The van der Waals surface area contributed by atoms with Gasteiger partial charge in [0.25, 0.3) is 0 Å². The first kappa shape index (κ1) is 12.9. The summed E-state index contributed by atoms with van der Waals surface area (Å²) in [4.78, 5) is 2.09. The van der Waals surface area contributed by atoms with Gasteiger partial charge in [-0.15, -0.1) is 0 Å². The number of nitrogens with zero attached hydrogens (tertiary/aromatic N) is 1. The Morgan fingerprint density at radius 1 is 1.53 bits per heavy atom. The van der Waals surface area contributed by atoms with Gasteiger partial charge in [0.2, 0.25) is 0 Å². The van der Waals surface area contributed by atoms with Crippen LogP contribution in [0.4, 0.5) is 0 Å². The minimum Gasteiger partial charge on any atom is -0.496 e. The van der Waals surface area contributed by atoms with E-state index in [0.717, 1.165) is 29.7 Å². The van der Waals surface area contributed by atoms with Gasteiger partial charge < -0.3 is 14.6 Å². The number of methoxy groups -OCH3 is 1. The third-order valence-corrected chi connectivity index (χ3v) is 3.88. The molecule has 1 aromatic rings. The third-order valence-electron chi connectivity index (χ3n) is 3.38. The molecular formula is C12H17BBrNO2. The van der Waals surface area contributed by atoms with Crippen molar-refractivity contribution >= 4 is 23.0 Å². The monoisotopic (exact) mass is 297 g/mol. The van der Waals surface area contributed by atoms with E-state index in [4.69, 9.17) is 4.74 Å². The van der Waals surface area contributed by atoms with Crippen molar-refractivity contribution in [1.29, 1.82) is 0 Å². The molecule has 1 saturated heterocycles. The van der Waals surface area contributed by atoms with Gasteiger partial charge in [-0.2, -0.15) is 0 Å². The number of benzene rings is 1. The maximum atomic E-state index is 9.57. The molecule has 0 aromatic heterocycles. The fourth-order valence-electron chi connectivity index (χ4n) is 2.40. The Morgan fingerprint density at radius 2 is 2.29 bits per heavy atom. The number of ether oxygens (including phenoxy) is 1. The van der Waals surface area contributed by atoms with Crippen LogP contribution in [-0.4, -0.2) is 37.1 Å². The summed E-state index contributed by atoms with van der Waals surface area (Å²) in [6.07, 6.45) is 1.07. The molecule has 0 spiro atoms. The molecule has 1 aliphatic rings. The predicted molar refractivity (Wildman–Crippen MR) is 73.5 cm³/mol. The standard InChI is InChI=1S/C12H17BBrNO2/c1-13(16)15-6-5-9(8-15)11-4-3-10(14)7-12(11)17-2/h3-4,7,9,16H,5-6,8H2,1-2H3. The summed E-state index contributed by atoms with van der Waals surface area (Å²) < 4.78 is 6.45. The van der Waals surface area contributed by atoms with Crippen molar-refractivity contribution in [2.45, 2.75) is 19.2 Å². The lowest BCUT2D eigenvalue weighted by Gasteiger charge is -2.18. The summed E-state index contributed by atoms with van der Waals surface area (Å²) in [7, 11) is 1.34. The molecule has 0 saturated carbocycles. The minimum atomic E-state index is -0.360. The third kappa shape index (κ3) is 2.84. The second-order valence-electron chi connectivity index (χ2n) is 4.50. The van der Waals surface area contributed by atoms with Crippen LogP contribution >= 0.6 is 15.9 Å². The Kier molecular flexibility index (Phi) is 4.12. The second kappa shape index (κ2) is 5.42. The molecule has 1 N–H and O–H groups in total. The van der Waals surface area contributed by atoms with E-state index < -0.39 is 0 Å². The molecular weight excluding hydrogens is 281 g/mol. The van der Waals surface area contributed by atoms with Crippen LogP contribution in [-0.2, 0) is 0 Å². The van der Waals surface area contributed by atoms with Gasteiger partial charge in [-0.05, 0) is 44.0 Å². The van der Waals surface area contributed by atoms with Gasteiger partial charge in [0.1, 0.15) is 5.75 Å². The Bertz CT molecular complexity index is 400. The van der Waals surface area contributed by atoms with Crippen molar-refractivity contribution in [3.63, 3.8) is 0 Å². The highest BCUT2D eigenvalue weighted by molar-refractivity contribution is 9.10. The van der Waals surface area contributed by atoms with E-state index in [1.807, 2.05) is 19.0 Å². The largest absolute Gasteiger partial charge is 0.496 e. The van der Waals surface area contributed by atoms with E-state index in [1.165, 1.54) is 5.56 Å². The lowest BCUT2D eigenvalue weighted by molar-refractivity contribution is 0.400.